The monoisotopic (exact) mass is 370 g/mol. The first-order chi connectivity index (χ1) is 11.6. The third-order valence-corrected chi connectivity index (χ3v) is 4.31. The van der Waals surface area contributed by atoms with Crippen LogP contribution in [-0.2, 0) is 17.5 Å². The Bertz CT molecular complexity index is 741. The Morgan fingerprint density at radius 2 is 1.76 bits per heavy atom. The Hall–Kier alpha value is -2.06. The third-order valence-electron chi connectivity index (χ3n) is 2.97. The summed E-state index contributed by atoms with van der Waals surface area (Å²) in [5, 5.41) is 0. The van der Waals surface area contributed by atoms with Gasteiger partial charge in [0.05, 0.1) is 6.21 Å². The molecular weight excluding hydrogens is 353 g/mol. The van der Waals surface area contributed by atoms with Gasteiger partial charge in [0.1, 0.15) is 21.9 Å². The summed E-state index contributed by atoms with van der Waals surface area (Å²) in [5.41, 5.74) is -0.423. The van der Waals surface area contributed by atoms with Crippen LogP contribution >= 0.6 is 0 Å². The molecule has 8 heteroatoms. The summed E-state index contributed by atoms with van der Waals surface area (Å²) in [6.45, 7) is 5.43. The highest BCUT2D eigenvalue weighted by Gasteiger charge is 2.36. The first-order valence-corrected chi connectivity index (χ1v) is 8.44. The van der Waals surface area contributed by atoms with Crippen molar-refractivity contribution in [1.29, 1.82) is 0 Å². The molecule has 25 heavy (non-hydrogen) atoms. The number of hydrogen-bond acceptors (Lipinski definition) is 4. The molecule has 1 aromatic carbocycles. The standard InChI is InChI=1S/C17H17F3N2O2S/c1-16(2,3)25(23)22-11-12-6-8-13(9-7-12)24-14-5-4-10-21-15(14)17(18,19)20/h4-11H,1-3H3/b22-11+. The van der Waals surface area contributed by atoms with Crippen LogP contribution in [0.25, 0.3) is 0 Å². The Kier molecular flexibility index (Phi) is 5.74. The normalized spacial score (nSPS) is 13.9. The summed E-state index contributed by atoms with van der Waals surface area (Å²) in [4.78, 5) is 3.33. The lowest BCUT2D eigenvalue weighted by Crippen LogP contribution is -2.25. The van der Waals surface area contributed by atoms with Gasteiger partial charge in [-0.1, -0.05) is 4.40 Å². The van der Waals surface area contributed by atoms with E-state index in [2.05, 4.69) is 9.38 Å². The number of alkyl halides is 3. The number of pyridine rings is 1. The molecule has 0 N–H and O–H groups in total. The first-order valence-electron chi connectivity index (χ1n) is 7.33. The van der Waals surface area contributed by atoms with Crippen LogP contribution in [0.5, 0.6) is 11.5 Å². The van der Waals surface area contributed by atoms with E-state index in [0.29, 0.717) is 5.56 Å². The molecule has 0 radical (unpaired) electrons. The van der Waals surface area contributed by atoms with Gasteiger partial charge in [0.2, 0.25) is 0 Å². The van der Waals surface area contributed by atoms with Crippen molar-refractivity contribution in [2.75, 3.05) is 0 Å². The molecule has 0 spiro atoms. The molecule has 0 bridgehead atoms. The average Bonchev–Trinajstić information content (AvgIpc) is 2.52. The van der Waals surface area contributed by atoms with Crippen molar-refractivity contribution in [3.63, 3.8) is 0 Å². The summed E-state index contributed by atoms with van der Waals surface area (Å²) in [7, 11) is 0. The molecule has 0 aliphatic heterocycles. The van der Waals surface area contributed by atoms with Crippen molar-refractivity contribution in [2.45, 2.75) is 31.7 Å². The molecule has 2 aromatic rings. The number of benzene rings is 1. The zero-order valence-electron chi connectivity index (χ0n) is 13.9. The lowest BCUT2D eigenvalue weighted by molar-refractivity contribution is -0.142. The average molecular weight is 370 g/mol. The van der Waals surface area contributed by atoms with E-state index in [1.807, 2.05) is 20.8 Å². The van der Waals surface area contributed by atoms with Gasteiger partial charge in [-0.3, -0.25) is 0 Å². The van der Waals surface area contributed by atoms with Crippen LogP contribution in [0.1, 0.15) is 32.0 Å². The minimum absolute atomic E-state index is 0.229. The van der Waals surface area contributed by atoms with E-state index in [0.717, 1.165) is 6.20 Å². The Balaban J connectivity index is 2.13. The Labute approximate surface area is 147 Å². The predicted molar refractivity (Wildman–Crippen MR) is 91.2 cm³/mol. The first kappa shape index (κ1) is 19.3. The van der Waals surface area contributed by atoms with E-state index in [4.69, 9.17) is 4.74 Å². The van der Waals surface area contributed by atoms with Gasteiger partial charge >= 0.3 is 6.18 Å². The second-order valence-corrected chi connectivity index (χ2v) is 8.05. The maximum absolute atomic E-state index is 12.9. The van der Waals surface area contributed by atoms with Gasteiger partial charge in [-0.05, 0) is 62.7 Å². The predicted octanol–water partition coefficient (Wildman–Crippen LogP) is 4.77. The fourth-order valence-corrected chi connectivity index (χ4v) is 2.24. The van der Waals surface area contributed by atoms with E-state index in [1.54, 1.807) is 12.1 Å². The summed E-state index contributed by atoms with van der Waals surface area (Å²) in [6, 6.07) is 8.82. The van der Waals surface area contributed by atoms with E-state index in [1.165, 1.54) is 30.5 Å². The van der Waals surface area contributed by atoms with E-state index in [-0.39, 0.29) is 11.5 Å². The quantitative estimate of drug-likeness (QED) is 0.575. The molecule has 0 fully saturated rings. The smallest absolute Gasteiger partial charge is 0.437 e. The SMILES string of the molecule is CC(C)(C)[S+]([O-])/N=C/c1ccc(Oc2cccnc2C(F)(F)F)cc1. The summed E-state index contributed by atoms with van der Waals surface area (Å²) in [6.07, 6.45) is -2.08. The maximum atomic E-state index is 12.9. The molecule has 1 heterocycles. The fraction of sp³-hybridized carbons (Fsp3) is 0.294. The topological polar surface area (TPSA) is 57.5 Å². The Morgan fingerprint density at radius 3 is 2.32 bits per heavy atom. The zero-order chi connectivity index (χ0) is 18.7. The number of ether oxygens (including phenoxy) is 1. The van der Waals surface area contributed by atoms with E-state index < -0.39 is 28.0 Å². The van der Waals surface area contributed by atoms with Gasteiger partial charge in [0, 0.05) is 6.20 Å². The number of rotatable bonds is 4. The van der Waals surface area contributed by atoms with Crippen LogP contribution in [0.3, 0.4) is 0 Å². The number of aromatic nitrogens is 1. The van der Waals surface area contributed by atoms with Gasteiger partial charge in [-0.15, -0.1) is 0 Å². The molecule has 0 aliphatic carbocycles. The van der Waals surface area contributed by atoms with Crippen molar-refractivity contribution < 1.29 is 22.5 Å². The van der Waals surface area contributed by atoms with Gasteiger partial charge in [-0.2, -0.15) is 13.2 Å². The second kappa shape index (κ2) is 7.45. The highest BCUT2D eigenvalue weighted by molar-refractivity contribution is 7.91. The van der Waals surface area contributed by atoms with Gasteiger partial charge in [0.25, 0.3) is 0 Å². The van der Waals surface area contributed by atoms with Crippen LogP contribution in [-0.4, -0.2) is 20.5 Å². The molecule has 134 valence electrons. The number of nitrogens with zero attached hydrogens (tertiary/aromatic N) is 2. The van der Waals surface area contributed by atoms with Crippen molar-refractivity contribution in [3.05, 3.63) is 53.9 Å². The fourth-order valence-electron chi connectivity index (χ4n) is 1.70. The van der Waals surface area contributed by atoms with Gasteiger partial charge in [-0.25, -0.2) is 4.98 Å². The molecule has 0 amide bonds. The Morgan fingerprint density at radius 1 is 1.12 bits per heavy atom. The molecule has 1 unspecified atom stereocenters. The van der Waals surface area contributed by atoms with Crippen molar-refractivity contribution in [2.24, 2.45) is 4.40 Å². The van der Waals surface area contributed by atoms with E-state index in [9.17, 15) is 17.7 Å². The summed E-state index contributed by atoms with van der Waals surface area (Å²) >= 11 is -1.38. The van der Waals surface area contributed by atoms with E-state index >= 15 is 0 Å². The van der Waals surface area contributed by atoms with Crippen molar-refractivity contribution >= 4 is 17.6 Å². The highest BCUT2D eigenvalue weighted by atomic mass is 32.2. The second-order valence-electron chi connectivity index (χ2n) is 6.12. The van der Waals surface area contributed by atoms with Gasteiger partial charge < -0.3 is 9.29 Å². The molecule has 2 rings (SSSR count). The third kappa shape index (κ3) is 5.47. The van der Waals surface area contributed by atoms with Crippen molar-refractivity contribution in [1.82, 2.24) is 4.98 Å². The number of hydrogen-bond donors (Lipinski definition) is 0. The van der Waals surface area contributed by atoms with Crippen molar-refractivity contribution in [3.8, 4) is 11.5 Å². The lowest BCUT2D eigenvalue weighted by atomic mass is 10.2. The molecule has 0 saturated heterocycles. The largest absolute Gasteiger partial charge is 0.591 e. The van der Waals surface area contributed by atoms with Crippen LogP contribution < -0.4 is 4.74 Å². The molecule has 4 nitrogen and oxygen atoms in total. The van der Waals surface area contributed by atoms with Crippen LogP contribution in [0.2, 0.25) is 0 Å². The molecule has 1 aromatic heterocycles. The summed E-state index contributed by atoms with van der Waals surface area (Å²) in [5.74, 6) is -0.141. The van der Waals surface area contributed by atoms with Crippen LogP contribution in [0.15, 0.2) is 47.0 Å². The maximum Gasteiger partial charge on any atom is 0.437 e. The number of halogens is 3. The molecule has 0 saturated carbocycles. The molecule has 0 aliphatic rings. The lowest BCUT2D eigenvalue weighted by Gasteiger charge is -2.17. The van der Waals surface area contributed by atoms with Crippen LogP contribution in [0, 0.1) is 0 Å². The summed E-state index contributed by atoms with van der Waals surface area (Å²) < 4.78 is 59.3. The minimum atomic E-state index is -4.60. The van der Waals surface area contributed by atoms with Crippen LogP contribution in [0.4, 0.5) is 13.2 Å². The molecule has 1 atom stereocenters. The van der Waals surface area contributed by atoms with Gasteiger partial charge in [0.15, 0.2) is 11.4 Å². The zero-order valence-corrected chi connectivity index (χ0v) is 14.7. The minimum Gasteiger partial charge on any atom is -0.591 e. The highest BCUT2D eigenvalue weighted by Crippen LogP contribution is 2.36. The molecular formula is C17H17F3N2O2S.